The van der Waals surface area contributed by atoms with E-state index in [1.54, 1.807) is 7.11 Å². The monoisotopic (exact) mass is 197 g/mol. The number of rotatable bonds is 1. The zero-order valence-electron chi connectivity index (χ0n) is 8.28. The minimum Gasteiger partial charge on any atom is -0.496 e. The molecule has 0 fully saturated rings. The van der Waals surface area contributed by atoms with Gasteiger partial charge in [-0.2, -0.15) is 0 Å². The molecule has 0 N–H and O–H groups in total. The van der Waals surface area contributed by atoms with Gasteiger partial charge in [0.25, 0.3) is 0 Å². The standard InChI is InChI=1S/C13H9O2/c1-14-9-6-7-13-11(8-9)10-4-2-3-5-12(10)15-13/h2-5,7-8H,1H3. The molecule has 1 aromatic heterocycles. The molecule has 73 valence electrons. The van der Waals surface area contributed by atoms with Gasteiger partial charge in [0.15, 0.2) is 0 Å². The molecule has 3 aromatic rings. The molecule has 2 aromatic carbocycles. The van der Waals surface area contributed by atoms with Crippen LogP contribution in [-0.2, 0) is 0 Å². The van der Waals surface area contributed by atoms with E-state index in [4.69, 9.17) is 9.15 Å². The number of para-hydroxylation sites is 1. The SMILES string of the molecule is COc1[c]cc2oc3ccccc3c2c1. The fourth-order valence-corrected chi connectivity index (χ4v) is 1.77. The van der Waals surface area contributed by atoms with E-state index in [1.807, 2.05) is 36.4 Å². The van der Waals surface area contributed by atoms with Gasteiger partial charge in [-0.25, -0.2) is 0 Å². The molecule has 0 saturated heterocycles. The minimum absolute atomic E-state index is 0.731. The van der Waals surface area contributed by atoms with Crippen LogP contribution in [0.3, 0.4) is 0 Å². The van der Waals surface area contributed by atoms with Crippen molar-refractivity contribution in [3.05, 3.63) is 42.5 Å². The molecule has 1 radical (unpaired) electrons. The highest BCUT2D eigenvalue weighted by atomic mass is 16.5. The Hall–Kier alpha value is -1.96. The zero-order chi connectivity index (χ0) is 10.3. The number of ether oxygens (including phenoxy) is 1. The van der Waals surface area contributed by atoms with Gasteiger partial charge in [-0.15, -0.1) is 0 Å². The molecule has 15 heavy (non-hydrogen) atoms. The molecule has 2 nitrogen and oxygen atoms in total. The largest absolute Gasteiger partial charge is 0.496 e. The highest BCUT2D eigenvalue weighted by molar-refractivity contribution is 6.05. The van der Waals surface area contributed by atoms with Crippen LogP contribution in [-0.4, -0.2) is 7.11 Å². The second-order valence-corrected chi connectivity index (χ2v) is 3.38. The third-order valence-electron chi connectivity index (χ3n) is 2.50. The highest BCUT2D eigenvalue weighted by Gasteiger charge is 2.06. The maximum Gasteiger partial charge on any atom is 0.136 e. The normalized spacial score (nSPS) is 11.0. The molecule has 0 bridgehead atoms. The average molecular weight is 197 g/mol. The second kappa shape index (κ2) is 3.02. The Morgan fingerprint density at radius 2 is 2.00 bits per heavy atom. The van der Waals surface area contributed by atoms with Gasteiger partial charge in [0, 0.05) is 16.8 Å². The topological polar surface area (TPSA) is 22.4 Å². The minimum atomic E-state index is 0.731. The molecule has 0 saturated carbocycles. The lowest BCUT2D eigenvalue weighted by atomic mass is 10.1. The van der Waals surface area contributed by atoms with Gasteiger partial charge >= 0.3 is 0 Å². The van der Waals surface area contributed by atoms with Crippen LogP contribution in [0.25, 0.3) is 21.9 Å². The zero-order valence-corrected chi connectivity index (χ0v) is 8.28. The molecule has 0 aliphatic rings. The van der Waals surface area contributed by atoms with Gasteiger partial charge in [0.05, 0.1) is 7.11 Å². The fraction of sp³-hybridized carbons (Fsp3) is 0.0769. The smallest absolute Gasteiger partial charge is 0.136 e. The van der Waals surface area contributed by atoms with Crippen LogP contribution >= 0.6 is 0 Å². The number of hydrogen-bond donors (Lipinski definition) is 0. The summed E-state index contributed by atoms with van der Waals surface area (Å²) in [4.78, 5) is 0. The number of methoxy groups -OCH3 is 1. The third kappa shape index (κ3) is 1.18. The van der Waals surface area contributed by atoms with Crippen molar-refractivity contribution in [1.82, 2.24) is 0 Å². The Morgan fingerprint density at radius 3 is 2.87 bits per heavy atom. The van der Waals surface area contributed by atoms with E-state index in [9.17, 15) is 0 Å². The summed E-state index contributed by atoms with van der Waals surface area (Å²) < 4.78 is 10.8. The first-order valence-electron chi connectivity index (χ1n) is 4.75. The first-order valence-corrected chi connectivity index (χ1v) is 4.75. The van der Waals surface area contributed by atoms with Gasteiger partial charge in [-0.3, -0.25) is 0 Å². The van der Waals surface area contributed by atoms with Crippen molar-refractivity contribution in [2.45, 2.75) is 0 Å². The van der Waals surface area contributed by atoms with E-state index >= 15 is 0 Å². The van der Waals surface area contributed by atoms with Gasteiger partial charge in [-0.1, -0.05) is 18.2 Å². The van der Waals surface area contributed by atoms with Crippen molar-refractivity contribution in [1.29, 1.82) is 0 Å². The average Bonchev–Trinajstić information content (AvgIpc) is 2.66. The van der Waals surface area contributed by atoms with Crippen LogP contribution in [0.15, 0.2) is 40.8 Å². The summed E-state index contributed by atoms with van der Waals surface area (Å²) in [5.74, 6) is 0.731. The van der Waals surface area contributed by atoms with Gasteiger partial charge in [-0.05, 0) is 18.2 Å². The molecular formula is C13H9O2. The first-order chi connectivity index (χ1) is 7.38. The lowest BCUT2D eigenvalue weighted by molar-refractivity contribution is 0.414. The number of hydrogen-bond acceptors (Lipinski definition) is 2. The Kier molecular flexibility index (Phi) is 1.68. The van der Waals surface area contributed by atoms with Crippen LogP contribution in [0.2, 0.25) is 0 Å². The van der Waals surface area contributed by atoms with Crippen LogP contribution in [0.4, 0.5) is 0 Å². The van der Waals surface area contributed by atoms with Crippen molar-refractivity contribution in [2.75, 3.05) is 7.11 Å². The van der Waals surface area contributed by atoms with E-state index in [2.05, 4.69) is 6.07 Å². The van der Waals surface area contributed by atoms with Gasteiger partial charge in [0.2, 0.25) is 0 Å². The Morgan fingerprint density at radius 1 is 1.13 bits per heavy atom. The van der Waals surface area contributed by atoms with Crippen LogP contribution in [0, 0.1) is 6.07 Å². The van der Waals surface area contributed by atoms with E-state index in [0.29, 0.717) is 0 Å². The second-order valence-electron chi connectivity index (χ2n) is 3.38. The Labute approximate surface area is 87.1 Å². The van der Waals surface area contributed by atoms with Crippen molar-refractivity contribution in [3.63, 3.8) is 0 Å². The molecule has 0 spiro atoms. The Bertz CT molecular complexity index is 623. The third-order valence-corrected chi connectivity index (χ3v) is 2.50. The number of furan rings is 1. The quantitative estimate of drug-likeness (QED) is 0.596. The van der Waals surface area contributed by atoms with Crippen molar-refractivity contribution >= 4 is 21.9 Å². The summed E-state index contributed by atoms with van der Waals surface area (Å²) >= 11 is 0. The summed E-state index contributed by atoms with van der Waals surface area (Å²) in [7, 11) is 1.64. The molecule has 0 aliphatic carbocycles. The molecule has 1 heterocycles. The van der Waals surface area contributed by atoms with Crippen molar-refractivity contribution in [3.8, 4) is 5.75 Å². The van der Waals surface area contributed by atoms with E-state index in [1.165, 1.54) is 0 Å². The van der Waals surface area contributed by atoms with E-state index in [0.717, 1.165) is 27.7 Å². The lowest BCUT2D eigenvalue weighted by Gasteiger charge is -1.96. The fourth-order valence-electron chi connectivity index (χ4n) is 1.77. The Balaban J connectivity index is 2.46. The predicted octanol–water partition coefficient (Wildman–Crippen LogP) is 3.39. The molecular weight excluding hydrogens is 188 g/mol. The summed E-state index contributed by atoms with van der Waals surface area (Å²) in [6, 6.07) is 14.7. The maximum absolute atomic E-state index is 5.67. The first kappa shape index (κ1) is 8.36. The van der Waals surface area contributed by atoms with Crippen LogP contribution < -0.4 is 4.74 Å². The summed E-state index contributed by atoms with van der Waals surface area (Å²) in [5.41, 5.74) is 1.74. The number of benzene rings is 2. The molecule has 0 unspecified atom stereocenters. The molecule has 0 aliphatic heterocycles. The van der Waals surface area contributed by atoms with Crippen molar-refractivity contribution < 1.29 is 9.15 Å². The van der Waals surface area contributed by atoms with Gasteiger partial charge in [0.1, 0.15) is 16.9 Å². The number of fused-ring (bicyclic) bond motifs is 3. The van der Waals surface area contributed by atoms with E-state index in [-0.39, 0.29) is 0 Å². The van der Waals surface area contributed by atoms with E-state index < -0.39 is 0 Å². The maximum atomic E-state index is 5.67. The molecule has 2 heteroatoms. The molecule has 3 rings (SSSR count). The predicted molar refractivity (Wildman–Crippen MR) is 59.1 cm³/mol. The van der Waals surface area contributed by atoms with Gasteiger partial charge < -0.3 is 9.15 Å². The highest BCUT2D eigenvalue weighted by Crippen LogP contribution is 2.30. The summed E-state index contributed by atoms with van der Waals surface area (Å²) in [6.07, 6.45) is 0. The lowest BCUT2D eigenvalue weighted by Crippen LogP contribution is -1.80. The van der Waals surface area contributed by atoms with Crippen LogP contribution in [0.5, 0.6) is 5.75 Å². The van der Waals surface area contributed by atoms with Crippen LogP contribution in [0.1, 0.15) is 0 Å². The summed E-state index contributed by atoms with van der Waals surface area (Å²) in [5, 5.41) is 2.18. The van der Waals surface area contributed by atoms with Crippen molar-refractivity contribution in [2.24, 2.45) is 0 Å². The summed E-state index contributed by atoms with van der Waals surface area (Å²) in [6.45, 7) is 0. The molecule has 0 amide bonds. The molecule has 0 atom stereocenters.